The number of fused-ring (bicyclic) bond motifs is 1. The number of hydrogen-bond donors (Lipinski definition) is 1. The van der Waals surface area contributed by atoms with Gasteiger partial charge in [0.05, 0.1) is 34.8 Å². The maximum absolute atomic E-state index is 14.3. The van der Waals surface area contributed by atoms with Gasteiger partial charge in [0.25, 0.3) is 15.6 Å². The molecule has 0 unspecified atom stereocenters. The Balaban J connectivity index is 1.83. The second kappa shape index (κ2) is 8.79. The molecule has 0 aliphatic rings. The monoisotopic (exact) mass is 534 g/mol. The molecular weight excluding hydrogens is 519 g/mol. The molecule has 0 fully saturated rings. The number of benzene rings is 2. The lowest BCUT2D eigenvalue weighted by Crippen LogP contribution is -2.19. The van der Waals surface area contributed by atoms with Crippen molar-refractivity contribution in [3.8, 4) is 17.4 Å². The third kappa shape index (κ3) is 4.39. The summed E-state index contributed by atoms with van der Waals surface area (Å²) in [4.78, 5) is 20.4. The normalized spacial score (nSPS) is 11.4. The van der Waals surface area contributed by atoms with Gasteiger partial charge >= 0.3 is 6.01 Å². The summed E-state index contributed by atoms with van der Waals surface area (Å²) in [6.45, 7) is 0. The topological polar surface area (TPSA) is 112 Å². The van der Waals surface area contributed by atoms with Crippen LogP contribution in [0.5, 0.6) is 11.8 Å². The van der Waals surface area contributed by atoms with Crippen LogP contribution in [0.3, 0.4) is 0 Å². The van der Waals surface area contributed by atoms with Gasteiger partial charge in [0.2, 0.25) is 0 Å². The molecule has 0 atom stereocenters. The zero-order chi connectivity index (χ0) is 23.8. The van der Waals surface area contributed by atoms with Crippen LogP contribution in [0.4, 0.5) is 10.2 Å². The van der Waals surface area contributed by atoms with E-state index in [-0.39, 0.29) is 32.6 Å². The molecule has 4 rings (SSSR count). The number of anilines is 1. The second-order valence-electron chi connectivity index (χ2n) is 6.70. The average molecular weight is 535 g/mol. The van der Waals surface area contributed by atoms with Crippen LogP contribution in [0.1, 0.15) is 0 Å². The van der Waals surface area contributed by atoms with Crippen molar-refractivity contribution in [1.82, 2.24) is 14.5 Å². The third-order valence-corrected chi connectivity index (χ3v) is 6.65. The van der Waals surface area contributed by atoms with Crippen LogP contribution in [0.15, 0.2) is 68.9 Å². The molecule has 9 nitrogen and oxygen atoms in total. The number of nitrogens with one attached hydrogen (secondary N) is 1. The number of methoxy groups -OCH3 is 2. The van der Waals surface area contributed by atoms with Crippen molar-refractivity contribution in [1.29, 1.82) is 0 Å². The highest BCUT2D eigenvalue weighted by molar-refractivity contribution is 9.10. The minimum absolute atomic E-state index is 0.00778. The molecule has 0 aliphatic carbocycles. The van der Waals surface area contributed by atoms with E-state index in [0.717, 1.165) is 0 Å². The van der Waals surface area contributed by atoms with Crippen molar-refractivity contribution in [2.75, 3.05) is 18.9 Å². The van der Waals surface area contributed by atoms with E-state index in [4.69, 9.17) is 9.47 Å². The predicted molar refractivity (Wildman–Crippen MR) is 123 cm³/mol. The molecule has 33 heavy (non-hydrogen) atoms. The van der Waals surface area contributed by atoms with Gasteiger partial charge in [-0.1, -0.05) is 0 Å². The van der Waals surface area contributed by atoms with Crippen molar-refractivity contribution in [3.63, 3.8) is 0 Å². The van der Waals surface area contributed by atoms with Gasteiger partial charge in [0, 0.05) is 29.8 Å². The maximum atomic E-state index is 14.3. The zero-order valence-corrected chi connectivity index (χ0v) is 19.6. The smallest absolute Gasteiger partial charge is 0.318 e. The molecule has 4 aromatic rings. The van der Waals surface area contributed by atoms with Gasteiger partial charge in [-0.25, -0.2) is 17.8 Å². The van der Waals surface area contributed by atoms with E-state index >= 15 is 0 Å². The Labute approximate surface area is 196 Å². The molecule has 2 aromatic heterocycles. The minimum Gasteiger partial charge on any atom is -0.495 e. The molecule has 0 saturated heterocycles. The van der Waals surface area contributed by atoms with E-state index in [1.54, 1.807) is 0 Å². The molecule has 0 spiro atoms. The van der Waals surface area contributed by atoms with Crippen LogP contribution in [0.2, 0.25) is 0 Å². The van der Waals surface area contributed by atoms with Crippen LogP contribution in [0, 0.1) is 5.82 Å². The first-order valence-electron chi connectivity index (χ1n) is 9.32. The maximum Gasteiger partial charge on any atom is 0.318 e. The lowest BCUT2D eigenvalue weighted by molar-refractivity contribution is 0.380. The first kappa shape index (κ1) is 22.7. The quantitative estimate of drug-likeness (QED) is 0.402. The molecular formula is C21H16BrFN4O5S. The number of ether oxygens (including phenoxy) is 2. The highest BCUT2D eigenvalue weighted by Crippen LogP contribution is 2.31. The fraction of sp³-hybridized carbons (Fsp3) is 0.0952. The number of aromatic nitrogens is 3. The van der Waals surface area contributed by atoms with Gasteiger partial charge in [-0.05, 0) is 46.3 Å². The molecule has 0 amide bonds. The molecule has 0 aliphatic heterocycles. The van der Waals surface area contributed by atoms with Crippen LogP contribution < -0.4 is 19.8 Å². The number of pyridine rings is 1. The Kier molecular flexibility index (Phi) is 6.04. The summed E-state index contributed by atoms with van der Waals surface area (Å²) in [6, 6.07) is 10.9. The zero-order valence-electron chi connectivity index (χ0n) is 17.2. The molecule has 0 radical (unpaired) electrons. The molecule has 12 heteroatoms. The first-order chi connectivity index (χ1) is 15.7. The standard InChI is InChI=1S/C21H16BrFN4O5S/c1-31-18-10-14(22)15(23)11-17(18)27-16-5-4-13(9-12(16)3-6-20(27)28)33(29,30)26-19-7-8-24-21(25-19)32-2/h3-11H,1-2H3,(H,24,25,26). The van der Waals surface area contributed by atoms with Crippen LogP contribution in [-0.2, 0) is 10.0 Å². The largest absolute Gasteiger partial charge is 0.495 e. The summed E-state index contributed by atoms with van der Waals surface area (Å²) in [5.41, 5.74) is 0.102. The van der Waals surface area contributed by atoms with E-state index in [0.29, 0.717) is 10.9 Å². The summed E-state index contributed by atoms with van der Waals surface area (Å²) >= 11 is 3.10. The Hall–Kier alpha value is -3.51. The SMILES string of the molecule is COc1nccc(NS(=O)(=O)c2ccc3c(ccc(=O)n3-c3cc(F)c(Br)cc3OC)c2)n1. The molecule has 2 aromatic carbocycles. The Morgan fingerprint density at radius 2 is 1.85 bits per heavy atom. The molecule has 2 heterocycles. The van der Waals surface area contributed by atoms with E-state index in [2.05, 4.69) is 30.6 Å². The van der Waals surface area contributed by atoms with E-state index in [9.17, 15) is 17.6 Å². The Morgan fingerprint density at radius 1 is 1.06 bits per heavy atom. The summed E-state index contributed by atoms with van der Waals surface area (Å²) in [7, 11) is -1.25. The first-order valence-corrected chi connectivity index (χ1v) is 11.6. The molecule has 0 bridgehead atoms. The summed E-state index contributed by atoms with van der Waals surface area (Å²) in [5.74, 6) is -0.297. The lowest BCUT2D eigenvalue weighted by atomic mass is 10.2. The van der Waals surface area contributed by atoms with Gasteiger partial charge in [-0.15, -0.1) is 0 Å². The van der Waals surface area contributed by atoms with Gasteiger partial charge in [-0.2, -0.15) is 4.98 Å². The van der Waals surface area contributed by atoms with Crippen molar-refractivity contribution >= 4 is 42.7 Å². The van der Waals surface area contributed by atoms with Gasteiger partial charge in [0.1, 0.15) is 17.4 Å². The Bertz CT molecular complexity index is 1540. The molecule has 0 saturated carbocycles. The molecule has 1 N–H and O–H groups in total. The van der Waals surface area contributed by atoms with Gasteiger partial charge < -0.3 is 9.47 Å². The number of sulfonamides is 1. The van der Waals surface area contributed by atoms with Crippen LogP contribution in [0.25, 0.3) is 16.6 Å². The average Bonchev–Trinajstić information content (AvgIpc) is 2.80. The van der Waals surface area contributed by atoms with Crippen LogP contribution in [-0.4, -0.2) is 37.2 Å². The lowest BCUT2D eigenvalue weighted by Gasteiger charge is -2.15. The van der Waals surface area contributed by atoms with Crippen LogP contribution >= 0.6 is 15.9 Å². The number of rotatable bonds is 6. The number of nitrogens with zero attached hydrogens (tertiary/aromatic N) is 3. The molecule has 170 valence electrons. The predicted octanol–water partition coefficient (Wildman–Crippen LogP) is 3.50. The third-order valence-electron chi connectivity index (χ3n) is 4.69. The minimum atomic E-state index is -4.02. The van der Waals surface area contributed by atoms with E-state index < -0.39 is 21.4 Å². The van der Waals surface area contributed by atoms with Gasteiger partial charge in [0.15, 0.2) is 0 Å². The van der Waals surface area contributed by atoms with E-state index in [1.807, 2.05) is 0 Å². The fourth-order valence-corrected chi connectivity index (χ4v) is 4.55. The second-order valence-corrected chi connectivity index (χ2v) is 9.24. The number of hydrogen-bond acceptors (Lipinski definition) is 7. The van der Waals surface area contributed by atoms with Crippen molar-refractivity contribution in [3.05, 3.63) is 75.4 Å². The van der Waals surface area contributed by atoms with Crippen molar-refractivity contribution < 1.29 is 22.3 Å². The summed E-state index contributed by atoms with van der Waals surface area (Å²) in [5, 5.41) is 0.433. The Morgan fingerprint density at radius 3 is 2.58 bits per heavy atom. The highest BCUT2D eigenvalue weighted by atomic mass is 79.9. The fourth-order valence-electron chi connectivity index (χ4n) is 3.19. The van der Waals surface area contributed by atoms with Gasteiger partial charge in [-0.3, -0.25) is 14.1 Å². The highest BCUT2D eigenvalue weighted by Gasteiger charge is 2.19. The van der Waals surface area contributed by atoms with Crippen molar-refractivity contribution in [2.24, 2.45) is 0 Å². The van der Waals surface area contributed by atoms with E-state index in [1.165, 1.54) is 73.5 Å². The summed E-state index contributed by atoms with van der Waals surface area (Å²) in [6.07, 6.45) is 1.35. The van der Waals surface area contributed by atoms with Crippen molar-refractivity contribution in [2.45, 2.75) is 4.90 Å². The summed E-state index contributed by atoms with van der Waals surface area (Å²) < 4.78 is 54.1. The number of halogens is 2.